The highest BCUT2D eigenvalue weighted by Gasteiger charge is 2.16. The first kappa shape index (κ1) is 15.5. The molecule has 0 atom stereocenters. The van der Waals surface area contributed by atoms with Gasteiger partial charge in [-0.3, -0.25) is 4.68 Å². The van der Waals surface area contributed by atoms with Gasteiger partial charge in [-0.05, 0) is 12.1 Å². The molecule has 0 unspecified atom stereocenters. The Hall–Kier alpha value is -2.38. The summed E-state index contributed by atoms with van der Waals surface area (Å²) >= 11 is 5.97. The molecule has 0 fully saturated rings. The summed E-state index contributed by atoms with van der Waals surface area (Å²) in [6, 6.07) is 7.43. The number of nitrogen functional groups attached to an aromatic ring is 1. The second-order valence-electron chi connectivity index (χ2n) is 5.03. The summed E-state index contributed by atoms with van der Waals surface area (Å²) in [7, 11) is 3.42. The SMILES string of the molecule is COCCNc1nc(-c2ccc(Cl)cc2)c2c(N)n(C)nc2n1. The number of nitrogens with two attached hydrogens (primary N) is 1. The number of nitrogens with one attached hydrogen (secondary N) is 1. The molecule has 2 heterocycles. The van der Waals surface area contributed by atoms with Crippen molar-refractivity contribution >= 4 is 34.4 Å². The number of methoxy groups -OCH3 is 1. The molecule has 2 aromatic heterocycles. The number of fused-ring (bicyclic) bond motifs is 1. The normalized spacial score (nSPS) is 11.1. The van der Waals surface area contributed by atoms with E-state index < -0.39 is 0 Å². The Labute approximate surface area is 138 Å². The van der Waals surface area contributed by atoms with E-state index in [9.17, 15) is 0 Å². The van der Waals surface area contributed by atoms with Crippen LogP contribution >= 0.6 is 11.6 Å². The van der Waals surface area contributed by atoms with Crippen LogP contribution < -0.4 is 11.1 Å². The summed E-state index contributed by atoms with van der Waals surface area (Å²) in [6.07, 6.45) is 0. The third-order valence-corrected chi connectivity index (χ3v) is 3.70. The van der Waals surface area contributed by atoms with Crippen LogP contribution in [-0.2, 0) is 11.8 Å². The predicted octanol–water partition coefficient (Wildman–Crippen LogP) is 2.32. The maximum absolute atomic E-state index is 6.13. The van der Waals surface area contributed by atoms with Gasteiger partial charge in [-0.2, -0.15) is 10.1 Å². The smallest absolute Gasteiger partial charge is 0.225 e. The Bertz CT molecular complexity index is 830. The van der Waals surface area contributed by atoms with Crippen molar-refractivity contribution in [1.82, 2.24) is 19.7 Å². The van der Waals surface area contributed by atoms with Crippen LogP contribution in [0.3, 0.4) is 0 Å². The molecule has 0 amide bonds. The van der Waals surface area contributed by atoms with Gasteiger partial charge in [0.1, 0.15) is 5.82 Å². The molecular weight excluding hydrogens is 316 g/mol. The van der Waals surface area contributed by atoms with Crippen molar-refractivity contribution in [2.75, 3.05) is 31.3 Å². The maximum Gasteiger partial charge on any atom is 0.225 e. The van der Waals surface area contributed by atoms with Gasteiger partial charge in [-0.15, -0.1) is 0 Å². The zero-order valence-corrected chi connectivity index (χ0v) is 13.6. The van der Waals surface area contributed by atoms with Crippen molar-refractivity contribution in [3.8, 4) is 11.3 Å². The molecule has 0 saturated carbocycles. The standard InChI is InChI=1S/C15H17ClN6O/c1-22-13(17)11-12(9-3-5-10(16)6-4-9)19-15(18-7-8-23-2)20-14(11)21-22/h3-6H,7-8,17H2,1-2H3,(H,18,20,21). The number of aromatic nitrogens is 4. The van der Waals surface area contributed by atoms with Crippen molar-refractivity contribution in [1.29, 1.82) is 0 Å². The molecule has 3 aromatic rings. The van der Waals surface area contributed by atoms with E-state index in [-0.39, 0.29) is 0 Å². The van der Waals surface area contributed by atoms with Gasteiger partial charge >= 0.3 is 0 Å². The molecule has 0 radical (unpaired) electrons. The summed E-state index contributed by atoms with van der Waals surface area (Å²) < 4.78 is 6.62. The minimum atomic E-state index is 0.484. The Morgan fingerprint density at radius 2 is 2.00 bits per heavy atom. The van der Waals surface area contributed by atoms with E-state index in [0.717, 1.165) is 16.6 Å². The lowest BCUT2D eigenvalue weighted by Crippen LogP contribution is -2.10. The molecule has 0 bridgehead atoms. The van der Waals surface area contributed by atoms with E-state index in [1.165, 1.54) is 0 Å². The van der Waals surface area contributed by atoms with E-state index in [4.69, 9.17) is 22.1 Å². The molecule has 3 N–H and O–H groups in total. The molecule has 3 rings (SSSR count). The third-order valence-electron chi connectivity index (χ3n) is 3.45. The Morgan fingerprint density at radius 1 is 1.26 bits per heavy atom. The Kier molecular flexibility index (Phi) is 4.31. The van der Waals surface area contributed by atoms with E-state index >= 15 is 0 Å². The Morgan fingerprint density at radius 3 is 2.70 bits per heavy atom. The molecule has 0 aliphatic carbocycles. The van der Waals surface area contributed by atoms with Gasteiger partial charge in [-0.25, -0.2) is 4.98 Å². The fraction of sp³-hybridized carbons (Fsp3) is 0.267. The molecule has 0 spiro atoms. The molecule has 23 heavy (non-hydrogen) atoms. The average molecular weight is 333 g/mol. The summed E-state index contributed by atoms with van der Waals surface area (Å²) in [6.45, 7) is 1.16. The van der Waals surface area contributed by atoms with Crippen molar-refractivity contribution in [3.05, 3.63) is 29.3 Å². The number of benzene rings is 1. The molecule has 0 aliphatic heterocycles. The quantitative estimate of drug-likeness (QED) is 0.697. The number of anilines is 2. The number of halogens is 1. The van der Waals surface area contributed by atoms with Crippen LogP contribution in [0.2, 0.25) is 5.02 Å². The lowest BCUT2D eigenvalue weighted by molar-refractivity contribution is 0.210. The fourth-order valence-corrected chi connectivity index (χ4v) is 2.40. The largest absolute Gasteiger partial charge is 0.383 e. The topological polar surface area (TPSA) is 90.9 Å². The minimum absolute atomic E-state index is 0.484. The molecule has 8 heteroatoms. The van der Waals surface area contributed by atoms with Crippen LogP contribution in [-0.4, -0.2) is 40.0 Å². The van der Waals surface area contributed by atoms with Crippen molar-refractivity contribution in [3.63, 3.8) is 0 Å². The van der Waals surface area contributed by atoms with Crippen LogP contribution in [0.1, 0.15) is 0 Å². The van der Waals surface area contributed by atoms with Crippen LogP contribution in [0, 0.1) is 0 Å². The molecular formula is C15H17ClN6O. The average Bonchev–Trinajstić information content (AvgIpc) is 2.82. The lowest BCUT2D eigenvalue weighted by Gasteiger charge is -2.08. The van der Waals surface area contributed by atoms with Gasteiger partial charge in [-0.1, -0.05) is 23.7 Å². The number of rotatable bonds is 5. The first-order valence-electron chi connectivity index (χ1n) is 7.09. The number of hydrogen-bond donors (Lipinski definition) is 2. The summed E-state index contributed by atoms with van der Waals surface area (Å²) in [5.41, 5.74) is 8.30. The van der Waals surface area contributed by atoms with E-state index in [1.54, 1.807) is 18.8 Å². The van der Waals surface area contributed by atoms with Crippen LogP contribution in [0.25, 0.3) is 22.3 Å². The monoisotopic (exact) mass is 332 g/mol. The minimum Gasteiger partial charge on any atom is -0.383 e. The summed E-state index contributed by atoms with van der Waals surface area (Å²) in [5.74, 6) is 1.01. The third kappa shape index (κ3) is 3.06. The lowest BCUT2D eigenvalue weighted by atomic mass is 10.1. The zero-order chi connectivity index (χ0) is 16.4. The van der Waals surface area contributed by atoms with Crippen molar-refractivity contribution < 1.29 is 4.74 Å². The highest BCUT2D eigenvalue weighted by molar-refractivity contribution is 6.30. The predicted molar refractivity (Wildman–Crippen MR) is 91.5 cm³/mol. The second-order valence-corrected chi connectivity index (χ2v) is 5.47. The molecule has 120 valence electrons. The summed E-state index contributed by atoms with van der Waals surface area (Å²) in [4.78, 5) is 9.01. The first-order chi connectivity index (χ1) is 11.1. The van der Waals surface area contributed by atoms with Gasteiger partial charge in [0.2, 0.25) is 5.95 Å². The maximum atomic E-state index is 6.13. The number of hydrogen-bond acceptors (Lipinski definition) is 6. The number of aryl methyl sites for hydroxylation is 1. The van der Waals surface area contributed by atoms with E-state index in [1.807, 2.05) is 24.3 Å². The number of nitrogens with zero attached hydrogens (tertiary/aromatic N) is 4. The van der Waals surface area contributed by atoms with Gasteiger partial charge in [0.25, 0.3) is 0 Å². The van der Waals surface area contributed by atoms with Crippen LogP contribution in [0.5, 0.6) is 0 Å². The van der Waals surface area contributed by atoms with Crippen LogP contribution in [0.15, 0.2) is 24.3 Å². The van der Waals surface area contributed by atoms with Crippen LogP contribution in [0.4, 0.5) is 11.8 Å². The fourth-order valence-electron chi connectivity index (χ4n) is 2.28. The van der Waals surface area contributed by atoms with Crippen molar-refractivity contribution in [2.24, 2.45) is 7.05 Å². The first-order valence-corrected chi connectivity index (χ1v) is 7.47. The second kappa shape index (κ2) is 6.39. The Balaban J connectivity index is 2.14. The summed E-state index contributed by atoms with van der Waals surface area (Å²) in [5, 5.41) is 8.87. The van der Waals surface area contributed by atoms with Gasteiger partial charge in [0.05, 0.1) is 17.7 Å². The van der Waals surface area contributed by atoms with Gasteiger partial charge in [0, 0.05) is 31.3 Å². The van der Waals surface area contributed by atoms with Crippen molar-refractivity contribution in [2.45, 2.75) is 0 Å². The molecule has 0 saturated heterocycles. The van der Waals surface area contributed by atoms with Gasteiger partial charge in [0.15, 0.2) is 5.65 Å². The molecule has 0 aliphatic rings. The number of ether oxygens (including phenoxy) is 1. The highest BCUT2D eigenvalue weighted by Crippen LogP contribution is 2.31. The zero-order valence-electron chi connectivity index (χ0n) is 12.9. The van der Waals surface area contributed by atoms with Gasteiger partial charge < -0.3 is 15.8 Å². The van der Waals surface area contributed by atoms with E-state index in [2.05, 4.69) is 20.4 Å². The van der Waals surface area contributed by atoms with E-state index in [0.29, 0.717) is 35.6 Å². The molecule has 1 aromatic carbocycles. The highest BCUT2D eigenvalue weighted by atomic mass is 35.5. The molecule has 7 nitrogen and oxygen atoms in total.